The summed E-state index contributed by atoms with van der Waals surface area (Å²) >= 11 is 0. The number of amides is 1. The van der Waals surface area contributed by atoms with Crippen LogP contribution in [-0.4, -0.2) is 51.9 Å². The van der Waals surface area contributed by atoms with Gasteiger partial charge in [-0.3, -0.25) is 4.79 Å². The average molecular weight is 348 g/mol. The number of benzene rings is 1. The van der Waals surface area contributed by atoms with Gasteiger partial charge >= 0.3 is 0 Å². The Bertz CT molecular complexity index is 706. The van der Waals surface area contributed by atoms with Crippen molar-refractivity contribution in [3.05, 3.63) is 41.8 Å². The third-order valence-electron chi connectivity index (χ3n) is 3.61. The standard InChI is InChI=1S/C17H21FN4O3/c1-2-13(10-24)21-17-20-9-14(18)15(22-17)11-3-5-12(6-4-11)16(25)19-7-8-23/h3-6,9,13,23-24H,2,7-8,10H2,1H3,(H,19,25)(H,20,21,22). The summed E-state index contributed by atoms with van der Waals surface area (Å²) in [6, 6.07) is 6.08. The fourth-order valence-corrected chi connectivity index (χ4v) is 2.15. The zero-order valence-corrected chi connectivity index (χ0v) is 13.9. The largest absolute Gasteiger partial charge is 0.395 e. The van der Waals surface area contributed by atoms with Gasteiger partial charge in [-0.15, -0.1) is 0 Å². The molecular formula is C17H21FN4O3. The SMILES string of the molecule is CCC(CO)Nc1ncc(F)c(-c2ccc(C(=O)NCCO)cc2)n1. The minimum Gasteiger partial charge on any atom is -0.395 e. The molecule has 0 bridgehead atoms. The number of rotatable bonds is 8. The molecule has 2 rings (SSSR count). The number of anilines is 1. The van der Waals surface area contributed by atoms with Gasteiger partial charge in [-0.1, -0.05) is 19.1 Å². The number of halogens is 1. The lowest BCUT2D eigenvalue weighted by Crippen LogP contribution is -2.26. The topological polar surface area (TPSA) is 107 Å². The highest BCUT2D eigenvalue weighted by atomic mass is 19.1. The van der Waals surface area contributed by atoms with E-state index in [1.54, 1.807) is 24.3 Å². The van der Waals surface area contributed by atoms with Crippen LogP contribution in [0, 0.1) is 5.82 Å². The number of aliphatic hydroxyl groups is 2. The fourth-order valence-electron chi connectivity index (χ4n) is 2.15. The molecule has 0 spiro atoms. The first-order chi connectivity index (χ1) is 12.1. The van der Waals surface area contributed by atoms with E-state index in [-0.39, 0.29) is 43.3 Å². The number of hydrogen-bond acceptors (Lipinski definition) is 6. The summed E-state index contributed by atoms with van der Waals surface area (Å²) in [5.74, 6) is -0.679. The molecule has 0 fully saturated rings. The summed E-state index contributed by atoms with van der Waals surface area (Å²) in [5.41, 5.74) is 1.00. The maximum atomic E-state index is 14.1. The van der Waals surface area contributed by atoms with E-state index >= 15 is 0 Å². The molecule has 1 aromatic carbocycles. The van der Waals surface area contributed by atoms with E-state index in [1.807, 2.05) is 6.92 Å². The third-order valence-corrected chi connectivity index (χ3v) is 3.61. The predicted molar refractivity (Wildman–Crippen MR) is 91.6 cm³/mol. The van der Waals surface area contributed by atoms with Crippen LogP contribution in [0.5, 0.6) is 0 Å². The molecule has 25 heavy (non-hydrogen) atoms. The van der Waals surface area contributed by atoms with Gasteiger partial charge in [0, 0.05) is 17.7 Å². The number of aliphatic hydroxyl groups excluding tert-OH is 2. The van der Waals surface area contributed by atoms with Crippen LogP contribution < -0.4 is 10.6 Å². The summed E-state index contributed by atoms with van der Waals surface area (Å²) in [5, 5.41) is 23.4. The first kappa shape index (κ1) is 18.8. The number of nitrogens with zero attached hydrogens (tertiary/aromatic N) is 2. The first-order valence-corrected chi connectivity index (χ1v) is 7.98. The second kappa shape index (κ2) is 9.05. The Balaban J connectivity index is 2.21. The number of nitrogens with one attached hydrogen (secondary N) is 2. The normalized spacial score (nSPS) is 11.8. The van der Waals surface area contributed by atoms with Crippen LogP contribution in [0.15, 0.2) is 30.5 Å². The van der Waals surface area contributed by atoms with Gasteiger partial charge in [0.1, 0.15) is 5.69 Å². The van der Waals surface area contributed by atoms with Crippen molar-refractivity contribution in [2.75, 3.05) is 25.1 Å². The monoisotopic (exact) mass is 348 g/mol. The molecule has 7 nitrogen and oxygen atoms in total. The van der Waals surface area contributed by atoms with Crippen LogP contribution in [-0.2, 0) is 0 Å². The third kappa shape index (κ3) is 4.94. The summed E-state index contributed by atoms with van der Waals surface area (Å²) in [6.45, 7) is 1.85. The molecule has 1 aromatic heterocycles. The molecule has 0 radical (unpaired) electrons. The molecule has 1 amide bonds. The van der Waals surface area contributed by atoms with Crippen LogP contribution >= 0.6 is 0 Å². The van der Waals surface area contributed by atoms with Crippen LogP contribution in [0.25, 0.3) is 11.3 Å². The first-order valence-electron chi connectivity index (χ1n) is 7.98. The van der Waals surface area contributed by atoms with Crippen molar-refractivity contribution in [2.45, 2.75) is 19.4 Å². The highest BCUT2D eigenvalue weighted by Crippen LogP contribution is 2.22. The van der Waals surface area contributed by atoms with E-state index in [0.717, 1.165) is 6.20 Å². The maximum Gasteiger partial charge on any atom is 0.251 e. The summed E-state index contributed by atoms with van der Waals surface area (Å²) < 4.78 is 14.1. The minimum atomic E-state index is -0.583. The van der Waals surface area contributed by atoms with Crippen molar-refractivity contribution in [1.82, 2.24) is 15.3 Å². The van der Waals surface area contributed by atoms with Crippen molar-refractivity contribution in [1.29, 1.82) is 0 Å². The second-order valence-corrected chi connectivity index (χ2v) is 5.38. The highest BCUT2D eigenvalue weighted by Gasteiger charge is 2.13. The van der Waals surface area contributed by atoms with Gasteiger partial charge in [0.15, 0.2) is 5.82 Å². The van der Waals surface area contributed by atoms with E-state index in [1.165, 1.54) is 0 Å². The fraction of sp³-hybridized carbons (Fsp3) is 0.353. The lowest BCUT2D eigenvalue weighted by molar-refractivity contribution is 0.0945. The Morgan fingerprint density at radius 2 is 2.00 bits per heavy atom. The zero-order valence-electron chi connectivity index (χ0n) is 13.9. The van der Waals surface area contributed by atoms with Crippen LogP contribution in [0.1, 0.15) is 23.7 Å². The molecule has 2 aromatic rings. The van der Waals surface area contributed by atoms with E-state index in [2.05, 4.69) is 20.6 Å². The molecule has 0 saturated carbocycles. The molecule has 4 N–H and O–H groups in total. The molecule has 134 valence electrons. The Hall–Kier alpha value is -2.58. The molecule has 1 atom stereocenters. The number of carbonyl (C=O) groups is 1. The number of aromatic nitrogens is 2. The van der Waals surface area contributed by atoms with Crippen LogP contribution in [0.3, 0.4) is 0 Å². The Kier molecular flexibility index (Phi) is 6.79. The predicted octanol–water partition coefficient (Wildman–Crippen LogP) is 1.19. The Morgan fingerprint density at radius 3 is 2.60 bits per heavy atom. The summed E-state index contributed by atoms with van der Waals surface area (Å²) in [4.78, 5) is 19.8. The molecular weight excluding hydrogens is 327 g/mol. The van der Waals surface area contributed by atoms with Crippen molar-refractivity contribution in [3.63, 3.8) is 0 Å². The van der Waals surface area contributed by atoms with Gasteiger partial charge in [-0.05, 0) is 18.6 Å². The number of carbonyl (C=O) groups excluding carboxylic acids is 1. The molecule has 0 saturated heterocycles. The van der Waals surface area contributed by atoms with Crippen LogP contribution in [0.2, 0.25) is 0 Å². The van der Waals surface area contributed by atoms with Crippen molar-refractivity contribution in [2.24, 2.45) is 0 Å². The molecule has 0 aliphatic carbocycles. The summed E-state index contributed by atoms with van der Waals surface area (Å²) in [6.07, 6.45) is 1.74. The van der Waals surface area contributed by atoms with Crippen LogP contribution in [0.4, 0.5) is 10.3 Å². The molecule has 1 heterocycles. The average Bonchev–Trinajstić information content (AvgIpc) is 2.65. The van der Waals surface area contributed by atoms with Gasteiger partial charge in [0.05, 0.1) is 25.5 Å². The van der Waals surface area contributed by atoms with Gasteiger partial charge in [-0.2, -0.15) is 0 Å². The van der Waals surface area contributed by atoms with Crippen molar-refractivity contribution >= 4 is 11.9 Å². The quantitative estimate of drug-likeness (QED) is 0.571. The Morgan fingerprint density at radius 1 is 1.28 bits per heavy atom. The highest BCUT2D eigenvalue weighted by molar-refractivity contribution is 5.94. The smallest absolute Gasteiger partial charge is 0.251 e. The summed E-state index contributed by atoms with van der Waals surface area (Å²) in [7, 11) is 0. The van der Waals surface area contributed by atoms with Crippen molar-refractivity contribution in [3.8, 4) is 11.3 Å². The van der Waals surface area contributed by atoms with Gasteiger partial charge in [0.2, 0.25) is 5.95 Å². The Labute approximate surface area is 144 Å². The van der Waals surface area contributed by atoms with Gasteiger partial charge in [0.25, 0.3) is 5.91 Å². The van der Waals surface area contributed by atoms with Gasteiger partial charge in [-0.25, -0.2) is 14.4 Å². The number of hydrogen-bond donors (Lipinski definition) is 4. The lowest BCUT2D eigenvalue weighted by Gasteiger charge is -2.14. The second-order valence-electron chi connectivity index (χ2n) is 5.38. The maximum absolute atomic E-state index is 14.1. The zero-order chi connectivity index (χ0) is 18.2. The van der Waals surface area contributed by atoms with E-state index in [0.29, 0.717) is 17.5 Å². The van der Waals surface area contributed by atoms with Crippen molar-refractivity contribution < 1.29 is 19.4 Å². The molecule has 8 heteroatoms. The molecule has 0 aliphatic rings. The van der Waals surface area contributed by atoms with E-state index in [9.17, 15) is 14.3 Å². The molecule has 1 unspecified atom stereocenters. The van der Waals surface area contributed by atoms with E-state index in [4.69, 9.17) is 5.11 Å². The van der Waals surface area contributed by atoms with Gasteiger partial charge < -0.3 is 20.8 Å². The van der Waals surface area contributed by atoms with E-state index < -0.39 is 5.82 Å². The lowest BCUT2D eigenvalue weighted by atomic mass is 10.1. The minimum absolute atomic E-state index is 0.0791. The molecule has 0 aliphatic heterocycles.